The number of benzene rings is 2. The molecule has 0 fully saturated rings. The predicted octanol–water partition coefficient (Wildman–Crippen LogP) is 3.43. The van der Waals surface area contributed by atoms with E-state index in [2.05, 4.69) is 10.0 Å². The van der Waals surface area contributed by atoms with Gasteiger partial charge in [0.2, 0.25) is 10.0 Å². The molecule has 0 saturated carbocycles. The van der Waals surface area contributed by atoms with Crippen molar-refractivity contribution < 1.29 is 31.1 Å². The Morgan fingerprint density at radius 1 is 1.17 bits per heavy atom. The Morgan fingerprint density at radius 2 is 1.87 bits per heavy atom. The van der Waals surface area contributed by atoms with E-state index in [1.807, 2.05) is 0 Å². The molecule has 0 aromatic heterocycles. The first kappa shape index (κ1) is 23.8. The predicted molar refractivity (Wildman–Crippen MR) is 106 cm³/mol. The van der Waals surface area contributed by atoms with Crippen molar-refractivity contribution in [2.45, 2.75) is 31.0 Å². The van der Waals surface area contributed by atoms with Crippen LogP contribution in [0.5, 0.6) is 0 Å². The number of ether oxygens (including phenoxy) is 1. The fourth-order valence-electron chi connectivity index (χ4n) is 2.72. The lowest BCUT2D eigenvalue weighted by Crippen LogP contribution is -2.29. The second-order valence-electron chi connectivity index (χ2n) is 6.69. The van der Waals surface area contributed by atoms with Gasteiger partial charge in [0.25, 0.3) is 5.91 Å². The number of sulfonamides is 1. The fraction of sp³-hybridized carbons (Fsp3) is 0.350. The standard InChI is InChI=1S/C20H23F3N2O4S/c1-13-7-8-17(30(27,28)24-9-10-29-3)12-18(13)19(26)25-14(2)15-5-4-6-16(11-15)20(21,22)23/h4-8,11-12,14,24H,9-10H2,1-3H3,(H,25,26). The summed E-state index contributed by atoms with van der Waals surface area (Å²) in [5.74, 6) is -0.591. The quantitative estimate of drug-likeness (QED) is 0.611. The molecule has 2 rings (SSSR count). The zero-order valence-electron chi connectivity index (χ0n) is 16.7. The Kier molecular flexibility index (Phi) is 7.62. The third-order valence-electron chi connectivity index (χ3n) is 4.42. The Morgan fingerprint density at radius 3 is 2.50 bits per heavy atom. The first-order chi connectivity index (χ1) is 14.0. The maximum absolute atomic E-state index is 12.9. The molecule has 164 valence electrons. The molecule has 10 heteroatoms. The Hall–Kier alpha value is -2.43. The van der Waals surface area contributed by atoms with Gasteiger partial charge in [-0.1, -0.05) is 18.2 Å². The van der Waals surface area contributed by atoms with Gasteiger partial charge < -0.3 is 10.1 Å². The highest BCUT2D eigenvalue weighted by Gasteiger charge is 2.31. The minimum atomic E-state index is -4.49. The molecule has 1 unspecified atom stereocenters. The molecule has 1 atom stereocenters. The van der Waals surface area contributed by atoms with Gasteiger partial charge in [0, 0.05) is 19.2 Å². The number of hydrogen-bond acceptors (Lipinski definition) is 4. The van der Waals surface area contributed by atoms with Crippen LogP contribution in [0.1, 0.15) is 40.0 Å². The third kappa shape index (κ3) is 6.04. The summed E-state index contributed by atoms with van der Waals surface area (Å²) in [6, 6.07) is 8.05. The highest BCUT2D eigenvalue weighted by Crippen LogP contribution is 2.30. The summed E-state index contributed by atoms with van der Waals surface area (Å²) in [5, 5.41) is 2.62. The minimum absolute atomic E-state index is 0.0703. The Labute approximate surface area is 173 Å². The normalized spacial score (nSPS) is 13.1. The van der Waals surface area contributed by atoms with E-state index in [-0.39, 0.29) is 29.2 Å². The van der Waals surface area contributed by atoms with E-state index in [0.717, 1.165) is 12.1 Å². The number of nitrogens with one attached hydrogen (secondary N) is 2. The molecular formula is C20H23F3N2O4S. The summed E-state index contributed by atoms with van der Waals surface area (Å²) in [4.78, 5) is 12.6. The molecule has 0 aliphatic heterocycles. The lowest BCUT2D eigenvalue weighted by molar-refractivity contribution is -0.137. The van der Waals surface area contributed by atoms with Crippen molar-refractivity contribution in [3.05, 3.63) is 64.7 Å². The van der Waals surface area contributed by atoms with E-state index in [1.54, 1.807) is 13.8 Å². The van der Waals surface area contributed by atoms with Crippen LogP contribution in [-0.4, -0.2) is 34.6 Å². The molecule has 2 N–H and O–H groups in total. The van der Waals surface area contributed by atoms with Gasteiger partial charge in [-0.3, -0.25) is 4.79 Å². The van der Waals surface area contributed by atoms with Crippen molar-refractivity contribution in [3.8, 4) is 0 Å². The van der Waals surface area contributed by atoms with E-state index in [1.165, 1.54) is 37.4 Å². The van der Waals surface area contributed by atoms with E-state index < -0.39 is 33.7 Å². The molecule has 2 aromatic rings. The number of halogens is 3. The highest BCUT2D eigenvalue weighted by atomic mass is 32.2. The Balaban J connectivity index is 2.23. The van der Waals surface area contributed by atoms with E-state index in [9.17, 15) is 26.4 Å². The summed E-state index contributed by atoms with van der Waals surface area (Å²) >= 11 is 0. The van der Waals surface area contributed by atoms with Crippen molar-refractivity contribution >= 4 is 15.9 Å². The lowest BCUT2D eigenvalue weighted by Gasteiger charge is -2.17. The maximum Gasteiger partial charge on any atom is 0.416 e. The first-order valence-corrected chi connectivity index (χ1v) is 10.5. The number of alkyl halides is 3. The zero-order chi connectivity index (χ0) is 22.5. The van der Waals surface area contributed by atoms with Gasteiger partial charge in [-0.2, -0.15) is 13.2 Å². The number of rotatable bonds is 8. The van der Waals surface area contributed by atoms with Crippen molar-refractivity contribution in [1.82, 2.24) is 10.0 Å². The molecule has 2 aromatic carbocycles. The van der Waals surface area contributed by atoms with Gasteiger partial charge in [0.15, 0.2) is 0 Å². The van der Waals surface area contributed by atoms with Gasteiger partial charge in [-0.15, -0.1) is 0 Å². The summed E-state index contributed by atoms with van der Waals surface area (Å²) in [7, 11) is -2.40. The molecule has 1 amide bonds. The molecule has 6 nitrogen and oxygen atoms in total. The van der Waals surface area contributed by atoms with E-state index in [0.29, 0.717) is 5.56 Å². The zero-order valence-corrected chi connectivity index (χ0v) is 17.5. The van der Waals surface area contributed by atoms with Gasteiger partial charge >= 0.3 is 6.18 Å². The monoisotopic (exact) mass is 444 g/mol. The average Bonchev–Trinajstić information content (AvgIpc) is 2.67. The molecule has 0 heterocycles. The highest BCUT2D eigenvalue weighted by molar-refractivity contribution is 7.89. The second-order valence-corrected chi connectivity index (χ2v) is 8.45. The third-order valence-corrected chi connectivity index (χ3v) is 5.88. The SMILES string of the molecule is COCCNS(=O)(=O)c1ccc(C)c(C(=O)NC(C)c2cccc(C(F)(F)F)c2)c1. The van der Waals surface area contributed by atoms with Crippen LogP contribution in [0.3, 0.4) is 0 Å². The first-order valence-electron chi connectivity index (χ1n) is 9.03. The molecule has 0 bridgehead atoms. The Bertz CT molecular complexity index is 1010. The van der Waals surface area contributed by atoms with E-state index in [4.69, 9.17) is 4.74 Å². The van der Waals surface area contributed by atoms with Crippen LogP contribution in [0.2, 0.25) is 0 Å². The molecule has 30 heavy (non-hydrogen) atoms. The van der Waals surface area contributed by atoms with Gasteiger partial charge in [0.05, 0.1) is 23.1 Å². The summed E-state index contributed by atoms with van der Waals surface area (Å²) in [6.07, 6.45) is -4.49. The fourth-order valence-corrected chi connectivity index (χ4v) is 3.76. The number of carbonyl (C=O) groups is 1. The number of carbonyl (C=O) groups excluding carboxylic acids is 1. The van der Waals surface area contributed by atoms with Crippen LogP contribution in [0.15, 0.2) is 47.4 Å². The largest absolute Gasteiger partial charge is 0.416 e. The van der Waals surface area contributed by atoms with Crippen LogP contribution in [0, 0.1) is 6.92 Å². The van der Waals surface area contributed by atoms with Crippen molar-refractivity contribution in [1.29, 1.82) is 0 Å². The minimum Gasteiger partial charge on any atom is -0.383 e. The van der Waals surface area contributed by atoms with Crippen LogP contribution >= 0.6 is 0 Å². The second kappa shape index (κ2) is 9.59. The maximum atomic E-state index is 12.9. The van der Waals surface area contributed by atoms with Crippen LogP contribution in [-0.2, 0) is 20.9 Å². The van der Waals surface area contributed by atoms with Gasteiger partial charge in [-0.05, 0) is 49.2 Å². The molecule has 0 aliphatic rings. The van der Waals surface area contributed by atoms with Gasteiger partial charge in [0.1, 0.15) is 0 Å². The smallest absolute Gasteiger partial charge is 0.383 e. The van der Waals surface area contributed by atoms with Gasteiger partial charge in [-0.25, -0.2) is 13.1 Å². The lowest BCUT2D eigenvalue weighted by atomic mass is 10.0. The summed E-state index contributed by atoms with van der Waals surface area (Å²) < 4.78 is 70.7. The topological polar surface area (TPSA) is 84.5 Å². The molecule has 0 saturated heterocycles. The van der Waals surface area contributed by atoms with Crippen molar-refractivity contribution in [2.24, 2.45) is 0 Å². The molecular weight excluding hydrogens is 421 g/mol. The average molecular weight is 444 g/mol. The van der Waals surface area contributed by atoms with Crippen molar-refractivity contribution in [3.63, 3.8) is 0 Å². The summed E-state index contributed by atoms with van der Waals surface area (Å²) in [6.45, 7) is 3.45. The summed E-state index contributed by atoms with van der Waals surface area (Å²) in [5.41, 5.74) is 0.108. The number of methoxy groups -OCH3 is 1. The number of aryl methyl sites for hydroxylation is 1. The van der Waals surface area contributed by atoms with Crippen LogP contribution < -0.4 is 10.0 Å². The molecule has 0 radical (unpaired) electrons. The molecule has 0 aliphatic carbocycles. The van der Waals surface area contributed by atoms with Crippen LogP contribution in [0.4, 0.5) is 13.2 Å². The van der Waals surface area contributed by atoms with Crippen LogP contribution in [0.25, 0.3) is 0 Å². The number of hydrogen-bond donors (Lipinski definition) is 2. The number of amides is 1. The van der Waals surface area contributed by atoms with E-state index >= 15 is 0 Å². The molecule has 0 spiro atoms. The van der Waals surface area contributed by atoms with Crippen molar-refractivity contribution in [2.75, 3.05) is 20.3 Å².